The van der Waals surface area contributed by atoms with Gasteiger partial charge in [-0.05, 0) is 28.2 Å². The van der Waals surface area contributed by atoms with E-state index in [-0.39, 0.29) is 25.0 Å². The first kappa shape index (κ1) is 23.0. The molecule has 2 amide bonds. The van der Waals surface area contributed by atoms with Gasteiger partial charge < -0.3 is 20.5 Å². The third-order valence-corrected chi connectivity index (χ3v) is 5.76. The molecule has 1 heterocycles. The van der Waals surface area contributed by atoms with Crippen molar-refractivity contribution in [1.82, 2.24) is 15.1 Å². The third kappa shape index (κ3) is 4.93. The van der Waals surface area contributed by atoms with Gasteiger partial charge in [0, 0.05) is 12.1 Å². The van der Waals surface area contributed by atoms with E-state index in [4.69, 9.17) is 9.84 Å². The zero-order valence-electron chi connectivity index (χ0n) is 18.9. The van der Waals surface area contributed by atoms with Gasteiger partial charge in [-0.1, -0.05) is 62.4 Å². The molecule has 0 bridgehead atoms. The lowest BCUT2D eigenvalue weighted by Gasteiger charge is -2.22. The van der Waals surface area contributed by atoms with E-state index in [1.807, 2.05) is 50.2 Å². The summed E-state index contributed by atoms with van der Waals surface area (Å²) >= 11 is 0. The summed E-state index contributed by atoms with van der Waals surface area (Å²) in [6, 6.07) is 15.3. The van der Waals surface area contributed by atoms with Gasteiger partial charge >= 0.3 is 12.1 Å². The van der Waals surface area contributed by atoms with E-state index in [9.17, 15) is 14.4 Å². The lowest BCUT2D eigenvalue weighted by molar-refractivity contribution is -0.137. The molecule has 9 heteroatoms. The maximum absolute atomic E-state index is 12.8. The predicted molar refractivity (Wildman–Crippen MR) is 125 cm³/mol. The number of carboxylic acid groups (broad SMARTS) is 1. The van der Waals surface area contributed by atoms with Crippen molar-refractivity contribution in [2.45, 2.75) is 32.4 Å². The van der Waals surface area contributed by atoms with E-state index in [0.717, 1.165) is 22.3 Å². The number of aliphatic carboxylic acids is 1. The molecule has 3 aromatic rings. The van der Waals surface area contributed by atoms with Gasteiger partial charge in [0.15, 0.2) is 0 Å². The number of nitrogens with zero attached hydrogens (tertiary/aromatic N) is 2. The number of alkyl carbamates (subject to hydrolysis) is 1. The van der Waals surface area contributed by atoms with Crippen LogP contribution in [-0.2, 0) is 20.9 Å². The molecule has 4 rings (SSSR count). The molecule has 3 N–H and O–H groups in total. The summed E-state index contributed by atoms with van der Waals surface area (Å²) in [7, 11) is 0. The molecule has 9 nitrogen and oxygen atoms in total. The quantitative estimate of drug-likeness (QED) is 0.471. The number of hydrogen-bond donors (Lipinski definition) is 3. The molecule has 0 saturated heterocycles. The first-order valence-electron chi connectivity index (χ1n) is 11.0. The van der Waals surface area contributed by atoms with E-state index in [1.54, 1.807) is 0 Å². The average Bonchev–Trinajstić information content (AvgIpc) is 3.37. The van der Waals surface area contributed by atoms with Gasteiger partial charge in [-0.3, -0.25) is 14.3 Å². The highest BCUT2D eigenvalue weighted by Crippen LogP contribution is 2.44. The van der Waals surface area contributed by atoms with Gasteiger partial charge in [0.25, 0.3) is 0 Å². The van der Waals surface area contributed by atoms with E-state index in [2.05, 4.69) is 27.9 Å². The number of amides is 2. The van der Waals surface area contributed by atoms with Crippen molar-refractivity contribution >= 4 is 23.7 Å². The molecule has 34 heavy (non-hydrogen) atoms. The van der Waals surface area contributed by atoms with Gasteiger partial charge in [-0.15, -0.1) is 0 Å². The van der Waals surface area contributed by atoms with Crippen LogP contribution in [0.15, 0.2) is 60.9 Å². The zero-order chi connectivity index (χ0) is 24.2. The Morgan fingerprint density at radius 3 is 2.26 bits per heavy atom. The predicted octanol–water partition coefficient (Wildman–Crippen LogP) is 3.47. The highest BCUT2D eigenvalue weighted by Gasteiger charge is 2.30. The number of ether oxygens (including phenoxy) is 1. The van der Waals surface area contributed by atoms with Gasteiger partial charge in [-0.2, -0.15) is 5.10 Å². The Kier molecular flexibility index (Phi) is 6.62. The summed E-state index contributed by atoms with van der Waals surface area (Å²) in [5, 5.41) is 18.1. The monoisotopic (exact) mass is 462 g/mol. The van der Waals surface area contributed by atoms with Gasteiger partial charge in [-0.25, -0.2) is 4.79 Å². The molecule has 0 aliphatic heterocycles. The van der Waals surface area contributed by atoms with Gasteiger partial charge in [0.2, 0.25) is 5.91 Å². The average molecular weight is 463 g/mol. The second-order valence-electron chi connectivity index (χ2n) is 8.50. The standard InChI is InChI=1S/C25H26N4O5/c1-15(2)23(24(32)27-16-11-26-29(12-16)13-22(30)31)28-25(33)34-14-21-19-9-5-3-7-17(19)18-8-4-6-10-20(18)21/h3-12,15,21,23H,13-14H2,1-2H3,(H,27,32)(H,28,33)(H,30,31)/t23-/m0/s1. The molecule has 0 saturated carbocycles. The number of nitrogens with one attached hydrogen (secondary N) is 2. The Morgan fingerprint density at radius 2 is 1.68 bits per heavy atom. The summed E-state index contributed by atoms with van der Waals surface area (Å²) in [5.74, 6) is -1.78. The number of hydrogen-bond acceptors (Lipinski definition) is 5. The minimum Gasteiger partial charge on any atom is -0.480 e. The highest BCUT2D eigenvalue weighted by atomic mass is 16.5. The molecule has 2 aromatic carbocycles. The van der Waals surface area contributed by atoms with Gasteiger partial charge in [0.05, 0.1) is 11.9 Å². The van der Waals surface area contributed by atoms with Crippen molar-refractivity contribution in [3.05, 3.63) is 72.1 Å². The van der Waals surface area contributed by atoms with Crippen LogP contribution in [0.25, 0.3) is 11.1 Å². The molecule has 1 atom stereocenters. The smallest absolute Gasteiger partial charge is 0.407 e. The highest BCUT2D eigenvalue weighted by molar-refractivity contribution is 5.96. The summed E-state index contributed by atoms with van der Waals surface area (Å²) in [6.07, 6.45) is 2.08. The number of carbonyl (C=O) groups excluding carboxylic acids is 2. The lowest BCUT2D eigenvalue weighted by Crippen LogP contribution is -2.47. The summed E-state index contributed by atoms with van der Waals surface area (Å²) in [4.78, 5) is 36.2. The molecule has 0 spiro atoms. The normalized spacial score (nSPS) is 13.1. The number of rotatable bonds is 8. The van der Waals surface area contributed by atoms with E-state index >= 15 is 0 Å². The van der Waals surface area contributed by atoms with E-state index in [1.165, 1.54) is 17.1 Å². The van der Waals surface area contributed by atoms with Gasteiger partial charge in [0.1, 0.15) is 19.2 Å². The van der Waals surface area contributed by atoms with Crippen LogP contribution in [0, 0.1) is 5.92 Å². The number of fused-ring (bicyclic) bond motifs is 3. The summed E-state index contributed by atoms with van der Waals surface area (Å²) < 4.78 is 6.75. The lowest BCUT2D eigenvalue weighted by atomic mass is 9.98. The van der Waals surface area contributed by atoms with Crippen LogP contribution in [0.4, 0.5) is 10.5 Å². The molecule has 0 unspecified atom stereocenters. The van der Waals surface area contributed by atoms with Crippen LogP contribution in [0.3, 0.4) is 0 Å². The van der Waals surface area contributed by atoms with Crippen LogP contribution in [0.1, 0.15) is 30.9 Å². The first-order valence-corrected chi connectivity index (χ1v) is 11.0. The number of anilines is 1. The first-order chi connectivity index (χ1) is 16.3. The Balaban J connectivity index is 1.39. The van der Waals surface area contributed by atoms with Crippen molar-refractivity contribution in [3.63, 3.8) is 0 Å². The number of aromatic nitrogens is 2. The Labute approximate surface area is 196 Å². The van der Waals surface area contributed by atoms with Crippen LogP contribution >= 0.6 is 0 Å². The fourth-order valence-corrected chi connectivity index (χ4v) is 4.18. The third-order valence-electron chi connectivity index (χ3n) is 5.76. The molecule has 1 aromatic heterocycles. The molecular formula is C25H26N4O5. The van der Waals surface area contributed by atoms with Crippen molar-refractivity contribution in [2.24, 2.45) is 5.92 Å². The second kappa shape index (κ2) is 9.78. The van der Waals surface area contributed by atoms with Crippen LogP contribution in [-0.4, -0.2) is 45.5 Å². The fourth-order valence-electron chi connectivity index (χ4n) is 4.18. The molecule has 1 aliphatic rings. The van der Waals surface area contributed by atoms with Crippen molar-refractivity contribution in [3.8, 4) is 11.1 Å². The molecule has 176 valence electrons. The molecular weight excluding hydrogens is 436 g/mol. The largest absolute Gasteiger partial charge is 0.480 e. The van der Waals surface area contributed by atoms with E-state index < -0.39 is 24.0 Å². The fraction of sp³-hybridized carbons (Fsp3) is 0.280. The Hall–Kier alpha value is -4.14. The molecule has 1 aliphatic carbocycles. The second-order valence-corrected chi connectivity index (χ2v) is 8.50. The SMILES string of the molecule is CC(C)[C@H](NC(=O)OCC1c2ccccc2-c2ccccc21)C(=O)Nc1cnn(CC(=O)O)c1. The topological polar surface area (TPSA) is 123 Å². The summed E-state index contributed by atoms with van der Waals surface area (Å²) in [5.41, 5.74) is 4.82. The Bertz CT molecular complexity index is 1170. The number of carbonyl (C=O) groups is 3. The van der Waals surface area contributed by atoms with Crippen LogP contribution in [0.2, 0.25) is 0 Å². The molecule has 0 fully saturated rings. The van der Waals surface area contributed by atoms with Crippen molar-refractivity contribution in [2.75, 3.05) is 11.9 Å². The van der Waals surface area contributed by atoms with E-state index in [0.29, 0.717) is 5.69 Å². The maximum Gasteiger partial charge on any atom is 0.407 e. The molecule has 0 radical (unpaired) electrons. The maximum atomic E-state index is 12.8. The minimum atomic E-state index is -1.04. The van der Waals surface area contributed by atoms with Crippen molar-refractivity contribution in [1.29, 1.82) is 0 Å². The zero-order valence-corrected chi connectivity index (χ0v) is 18.9. The van der Waals surface area contributed by atoms with Crippen LogP contribution < -0.4 is 10.6 Å². The van der Waals surface area contributed by atoms with Crippen LogP contribution in [0.5, 0.6) is 0 Å². The Morgan fingerprint density at radius 1 is 1.06 bits per heavy atom. The van der Waals surface area contributed by atoms with Crippen molar-refractivity contribution < 1.29 is 24.2 Å². The minimum absolute atomic E-state index is 0.0791. The summed E-state index contributed by atoms with van der Waals surface area (Å²) in [6.45, 7) is 3.44. The number of benzene rings is 2. The number of carboxylic acids is 1.